The molecular formula is C39H54O13. The molecule has 2 fully saturated rings. The first kappa shape index (κ1) is 41.3. The van der Waals surface area contributed by atoms with Gasteiger partial charge in [-0.1, -0.05) is 81.4 Å². The Morgan fingerprint density at radius 3 is 2.12 bits per heavy atom. The second-order valence-corrected chi connectivity index (χ2v) is 13.9. The van der Waals surface area contributed by atoms with Gasteiger partial charge in [0.2, 0.25) is 0 Å². The SMILES string of the molecule is COC(=O)[C@@]1(C(O)[C@@H]2C(O)[C@H](OC)OC(COCc3ccccc3)[C@@H]2OCc2ccccc2)C[C@@H](C)[C@@H](C)C([C@H](C)[C@@H](COC(C)=O)OC(C)=O)O1. The van der Waals surface area contributed by atoms with Gasteiger partial charge in [0.05, 0.1) is 39.1 Å². The van der Waals surface area contributed by atoms with Crippen molar-refractivity contribution in [2.45, 2.75) is 103 Å². The van der Waals surface area contributed by atoms with Crippen molar-refractivity contribution in [3.05, 3.63) is 71.8 Å². The molecular weight excluding hydrogens is 676 g/mol. The van der Waals surface area contributed by atoms with E-state index in [1.54, 1.807) is 6.92 Å². The highest BCUT2D eigenvalue weighted by molar-refractivity contribution is 5.81. The van der Waals surface area contributed by atoms with Gasteiger partial charge in [0, 0.05) is 32.8 Å². The van der Waals surface area contributed by atoms with Crippen molar-refractivity contribution in [2.75, 3.05) is 27.4 Å². The van der Waals surface area contributed by atoms with Gasteiger partial charge in [-0.25, -0.2) is 4.79 Å². The third-order valence-electron chi connectivity index (χ3n) is 10.3. The fraction of sp³-hybridized carbons (Fsp3) is 0.615. The van der Waals surface area contributed by atoms with E-state index in [0.29, 0.717) is 0 Å². The first-order valence-electron chi connectivity index (χ1n) is 17.7. The summed E-state index contributed by atoms with van der Waals surface area (Å²) >= 11 is 0. The van der Waals surface area contributed by atoms with Crippen molar-refractivity contribution < 1.29 is 62.5 Å². The van der Waals surface area contributed by atoms with Crippen LogP contribution in [-0.4, -0.2) is 104 Å². The molecule has 0 radical (unpaired) electrons. The van der Waals surface area contributed by atoms with Crippen LogP contribution in [0.3, 0.4) is 0 Å². The van der Waals surface area contributed by atoms with Gasteiger partial charge in [-0.15, -0.1) is 0 Å². The highest BCUT2D eigenvalue weighted by Crippen LogP contribution is 2.47. The second-order valence-electron chi connectivity index (χ2n) is 13.9. The molecule has 2 aliphatic rings. The van der Waals surface area contributed by atoms with E-state index in [4.69, 9.17) is 37.9 Å². The van der Waals surface area contributed by atoms with Crippen LogP contribution >= 0.6 is 0 Å². The Kier molecular flexibility index (Phi) is 15.1. The van der Waals surface area contributed by atoms with Gasteiger partial charge in [0.15, 0.2) is 11.9 Å². The molecule has 0 spiro atoms. The third kappa shape index (κ3) is 9.95. The van der Waals surface area contributed by atoms with Crippen LogP contribution in [-0.2, 0) is 65.5 Å². The maximum Gasteiger partial charge on any atom is 0.340 e. The number of hydrogen-bond acceptors (Lipinski definition) is 13. The van der Waals surface area contributed by atoms with Crippen LogP contribution in [0.1, 0.15) is 52.2 Å². The quantitative estimate of drug-likeness (QED) is 0.190. The van der Waals surface area contributed by atoms with Gasteiger partial charge in [-0.3, -0.25) is 9.59 Å². The number of rotatable bonds is 16. The number of carbonyl (C=O) groups is 3. The summed E-state index contributed by atoms with van der Waals surface area (Å²) in [6.45, 7) is 8.25. The lowest BCUT2D eigenvalue weighted by Crippen LogP contribution is -2.69. The Balaban J connectivity index is 1.73. The van der Waals surface area contributed by atoms with E-state index in [0.717, 1.165) is 11.1 Å². The molecule has 0 aromatic heterocycles. The molecule has 13 nitrogen and oxygen atoms in total. The van der Waals surface area contributed by atoms with Crippen LogP contribution < -0.4 is 0 Å². The summed E-state index contributed by atoms with van der Waals surface area (Å²) in [7, 11) is 2.57. The normalized spacial score (nSPS) is 30.8. The van der Waals surface area contributed by atoms with Crippen LogP contribution in [0, 0.1) is 23.7 Å². The van der Waals surface area contributed by atoms with Crippen molar-refractivity contribution in [2.24, 2.45) is 23.7 Å². The van der Waals surface area contributed by atoms with E-state index in [2.05, 4.69) is 0 Å². The largest absolute Gasteiger partial charge is 0.467 e. The molecule has 13 heteroatoms. The molecule has 0 amide bonds. The molecule has 2 saturated heterocycles. The predicted octanol–water partition coefficient (Wildman–Crippen LogP) is 3.60. The van der Waals surface area contributed by atoms with Crippen molar-refractivity contribution in [1.82, 2.24) is 0 Å². The maximum absolute atomic E-state index is 14.0. The maximum atomic E-state index is 14.0. The highest BCUT2D eigenvalue weighted by Gasteiger charge is 2.62. The Labute approximate surface area is 305 Å². The van der Waals surface area contributed by atoms with E-state index >= 15 is 0 Å². The number of carbonyl (C=O) groups excluding carboxylic acids is 3. The monoisotopic (exact) mass is 730 g/mol. The third-order valence-corrected chi connectivity index (χ3v) is 10.3. The molecule has 2 heterocycles. The summed E-state index contributed by atoms with van der Waals surface area (Å²) in [5.41, 5.74) is -0.253. The zero-order valence-corrected chi connectivity index (χ0v) is 31.0. The minimum absolute atomic E-state index is 0.00351. The van der Waals surface area contributed by atoms with Gasteiger partial charge in [0.1, 0.15) is 31.0 Å². The summed E-state index contributed by atoms with van der Waals surface area (Å²) in [5.74, 6) is -4.29. The molecule has 2 aliphatic heterocycles. The zero-order chi connectivity index (χ0) is 38.0. The van der Waals surface area contributed by atoms with E-state index < -0.39 is 78.3 Å². The Hall–Kier alpha value is -3.43. The minimum atomic E-state index is -2.02. The highest BCUT2D eigenvalue weighted by atomic mass is 16.7. The van der Waals surface area contributed by atoms with Gasteiger partial charge >= 0.3 is 17.9 Å². The van der Waals surface area contributed by atoms with Crippen molar-refractivity contribution in [1.29, 1.82) is 0 Å². The Morgan fingerprint density at radius 1 is 0.942 bits per heavy atom. The number of aliphatic hydroxyl groups is 2. The summed E-state index contributed by atoms with van der Waals surface area (Å²) in [6, 6.07) is 19.0. The number of benzene rings is 2. The second kappa shape index (κ2) is 19.1. The molecule has 4 rings (SSSR count). The Morgan fingerprint density at radius 2 is 1.56 bits per heavy atom. The summed E-state index contributed by atoms with van der Waals surface area (Å²) in [4.78, 5) is 37.9. The number of ether oxygens (including phenoxy) is 8. The van der Waals surface area contributed by atoms with Crippen molar-refractivity contribution in [3.63, 3.8) is 0 Å². The van der Waals surface area contributed by atoms with Gasteiger partial charge in [0.25, 0.3) is 0 Å². The van der Waals surface area contributed by atoms with Crippen molar-refractivity contribution >= 4 is 17.9 Å². The number of methoxy groups -OCH3 is 2. The van der Waals surface area contributed by atoms with E-state index in [1.807, 2.05) is 74.5 Å². The molecule has 52 heavy (non-hydrogen) atoms. The van der Waals surface area contributed by atoms with Gasteiger partial charge in [-0.2, -0.15) is 0 Å². The molecule has 0 saturated carbocycles. The summed E-state index contributed by atoms with van der Waals surface area (Å²) in [6.07, 6.45) is -8.02. The lowest BCUT2D eigenvalue weighted by atomic mass is 9.68. The molecule has 4 unspecified atom stereocenters. The minimum Gasteiger partial charge on any atom is -0.467 e. The molecule has 0 bridgehead atoms. The predicted molar refractivity (Wildman–Crippen MR) is 186 cm³/mol. The zero-order valence-electron chi connectivity index (χ0n) is 31.0. The molecule has 2 N–H and O–H groups in total. The van der Waals surface area contributed by atoms with Crippen LogP contribution in [0.2, 0.25) is 0 Å². The van der Waals surface area contributed by atoms with E-state index in [1.165, 1.54) is 28.1 Å². The van der Waals surface area contributed by atoms with Crippen LogP contribution in [0.5, 0.6) is 0 Å². The van der Waals surface area contributed by atoms with Gasteiger partial charge < -0.3 is 48.1 Å². The summed E-state index contributed by atoms with van der Waals surface area (Å²) < 4.78 is 47.2. The van der Waals surface area contributed by atoms with Crippen LogP contribution in [0.15, 0.2) is 60.7 Å². The first-order valence-corrected chi connectivity index (χ1v) is 17.7. The molecule has 288 valence electrons. The van der Waals surface area contributed by atoms with Crippen molar-refractivity contribution in [3.8, 4) is 0 Å². The fourth-order valence-corrected chi connectivity index (χ4v) is 7.32. The molecule has 0 aliphatic carbocycles. The smallest absolute Gasteiger partial charge is 0.340 e. The standard InChI is InChI=1S/C39H54O13/c1-23-18-39(38(44)46-7,52-34(24(23)2)25(3)30(50-27(5)41)22-48-26(4)40)36(43)32-33(42)37(45-6)51-31(21-47-19-28-14-10-8-11-15-28)35(32)49-20-29-16-12-9-13-17-29/h8-17,23-25,30-37,42-43H,18-22H2,1-7H3/t23-,24-,25-,30-,31?,32-,33?,34?,35+,36?,37-,39+/m1/s1. The molecule has 2 aromatic carbocycles. The van der Waals surface area contributed by atoms with E-state index in [-0.39, 0.29) is 44.7 Å². The lowest BCUT2D eigenvalue weighted by molar-refractivity contribution is -0.322. The number of hydrogen-bond donors (Lipinski definition) is 2. The number of aliphatic hydroxyl groups excluding tert-OH is 2. The average Bonchev–Trinajstić information content (AvgIpc) is 3.13. The average molecular weight is 731 g/mol. The van der Waals surface area contributed by atoms with E-state index in [9.17, 15) is 24.6 Å². The van der Waals surface area contributed by atoms with Crippen LogP contribution in [0.25, 0.3) is 0 Å². The molecule has 2 aromatic rings. The fourth-order valence-electron chi connectivity index (χ4n) is 7.32. The topological polar surface area (TPSA) is 166 Å². The molecule has 12 atom stereocenters. The lowest BCUT2D eigenvalue weighted by Gasteiger charge is -2.54. The first-order chi connectivity index (χ1) is 24.8. The number of esters is 3. The van der Waals surface area contributed by atoms with Gasteiger partial charge in [-0.05, 0) is 29.4 Å². The Bertz CT molecular complexity index is 1420. The van der Waals surface area contributed by atoms with Crippen LogP contribution in [0.4, 0.5) is 0 Å². The summed E-state index contributed by atoms with van der Waals surface area (Å²) in [5, 5.41) is 24.5.